The Hall–Kier alpha value is -13.7. The zero-order chi connectivity index (χ0) is 74.0. The molecule has 109 heavy (non-hydrogen) atoms. The van der Waals surface area contributed by atoms with E-state index in [2.05, 4.69) is 263 Å². The summed E-state index contributed by atoms with van der Waals surface area (Å²) in [4.78, 5) is 27.5. The zero-order valence-electron chi connectivity index (χ0n) is 60.5. The summed E-state index contributed by atoms with van der Waals surface area (Å²) in [5.41, 5.74) is 29.1. The van der Waals surface area contributed by atoms with Crippen LogP contribution >= 0.6 is 0 Å². The van der Waals surface area contributed by atoms with Crippen LogP contribution in [0.3, 0.4) is 0 Å². The van der Waals surface area contributed by atoms with E-state index >= 15 is 0 Å². The summed E-state index contributed by atoms with van der Waals surface area (Å²) in [7, 11) is 0. The molecular weight excluding hydrogens is 1330 g/mol. The van der Waals surface area contributed by atoms with E-state index in [-0.39, 0.29) is 11.1 Å². The summed E-state index contributed by atoms with van der Waals surface area (Å²) in [5.74, 6) is -1.52. The number of rotatable bonds is 18. The van der Waals surface area contributed by atoms with Gasteiger partial charge in [0, 0.05) is 16.5 Å². The van der Waals surface area contributed by atoms with E-state index in [0.717, 1.165) is 80.5 Å². The minimum Gasteiger partial charge on any atom is -0.478 e. The first-order chi connectivity index (χ1) is 53.6. The number of aryl methyl sites for hydroxylation is 2. The summed E-state index contributed by atoms with van der Waals surface area (Å²) in [5, 5.41) is 22.4. The Morgan fingerprint density at radius 2 is 0.587 bits per heavy atom. The average Bonchev–Trinajstić information content (AvgIpc) is 0.725. The van der Waals surface area contributed by atoms with Crippen molar-refractivity contribution < 1.29 is 24.5 Å². The van der Waals surface area contributed by atoms with Gasteiger partial charge in [0.15, 0.2) is 0 Å². The maximum absolute atomic E-state index is 13.8. The zero-order valence-corrected chi connectivity index (χ0v) is 60.5. The first kappa shape index (κ1) is 68.4. The second-order valence-corrected chi connectivity index (χ2v) is 28.2. The van der Waals surface area contributed by atoms with Gasteiger partial charge >= 0.3 is 11.9 Å². The summed E-state index contributed by atoms with van der Waals surface area (Å²) < 4.78 is 6.81. The molecule has 17 rings (SSSR count). The molecule has 1 aliphatic rings. The molecule has 0 fully saturated rings. The van der Waals surface area contributed by atoms with Gasteiger partial charge in [-0.2, -0.15) is 0 Å². The van der Waals surface area contributed by atoms with Gasteiger partial charge in [-0.1, -0.05) is 352 Å². The SMILES string of the molecule is CCC1(c2ccc(-c3cc(-c4ccccc4)c(-c4ccc(Oc5ccc(-c6c(-c7ccccc7)c(C(=O)O)c(C(=O)O)c(-c7ccccc7)c6-c6ccccc6)cc5)cc4)c(-c4ccccc4)c3-c3ccccc3)cc2)CCc2cccc(c2)-c2c1cc(-c1ccccc1)c(-c1ccc(C)cc1)c2-c1ccccc1. The van der Waals surface area contributed by atoms with E-state index in [4.69, 9.17) is 4.74 Å². The van der Waals surface area contributed by atoms with Crippen molar-refractivity contribution in [3.63, 3.8) is 0 Å². The van der Waals surface area contributed by atoms with Crippen molar-refractivity contribution in [1.29, 1.82) is 0 Å². The maximum atomic E-state index is 13.8. The number of benzene rings is 16. The molecule has 522 valence electrons. The van der Waals surface area contributed by atoms with E-state index in [1.165, 1.54) is 66.8 Å². The van der Waals surface area contributed by atoms with Crippen molar-refractivity contribution in [2.24, 2.45) is 0 Å². The van der Waals surface area contributed by atoms with Crippen LogP contribution in [0, 0.1) is 6.92 Å². The Bertz CT molecular complexity index is 6010. The normalized spacial score (nSPS) is 13.0. The number of carboxylic acids is 2. The lowest BCUT2D eigenvalue weighted by Gasteiger charge is -2.40. The average molecular weight is 1410 g/mol. The fourth-order valence-corrected chi connectivity index (χ4v) is 16.9. The summed E-state index contributed by atoms with van der Waals surface area (Å²) in [6.45, 7) is 4.56. The topological polar surface area (TPSA) is 83.8 Å². The first-order valence-electron chi connectivity index (χ1n) is 37.3. The molecule has 16 aromatic rings. The third-order valence-corrected chi connectivity index (χ3v) is 21.9. The second-order valence-electron chi connectivity index (χ2n) is 28.2. The molecule has 0 spiro atoms. The lowest BCUT2D eigenvalue weighted by Crippen LogP contribution is -2.30. The van der Waals surface area contributed by atoms with Crippen LogP contribution in [0.15, 0.2) is 376 Å². The summed E-state index contributed by atoms with van der Waals surface area (Å²) in [6, 6.07) is 132. The molecule has 0 aromatic heterocycles. The molecule has 1 aliphatic carbocycles. The quantitative estimate of drug-likeness (QED) is 0.0894. The molecule has 5 heteroatoms. The molecule has 16 aromatic carbocycles. The fraction of sp³-hybridized carbons (Fsp3) is 0.0577. The number of carboxylic acid groups (broad SMARTS) is 2. The minimum atomic E-state index is -1.35. The predicted molar refractivity (Wildman–Crippen MR) is 448 cm³/mol. The standard InChI is InChI=1S/C104H76O5/c1-3-104(64-63-69-29-28-46-82(65-69)93-89(104)67-88(71-32-14-5-15-33-71)92(79-49-47-68(2)48-50-79)95(93)75-38-20-8-21-39-75)83-57-51-72(52-58-83)87-66-86(70-30-12-4-13-31-70)91(94(74-36-18-7-19-37-74)90(87)73-34-16-6-17-35-73)80-53-59-84(60-54-80)109-85-61-55-81(56-62-85)97-96(76-40-22-9-23-41-76)98(77-42-24-10-25-43-77)100(102(105)106)101(103(107)108)99(97)78-44-26-11-27-45-78/h4-62,65-67H,3,63-64H2,1-2H3,(H,105,106)(H,107,108). The van der Waals surface area contributed by atoms with Gasteiger partial charge in [0.1, 0.15) is 11.5 Å². The lowest BCUT2D eigenvalue weighted by atomic mass is 9.63. The molecule has 2 bridgehead atoms. The maximum Gasteiger partial charge on any atom is 0.337 e. The van der Waals surface area contributed by atoms with Crippen molar-refractivity contribution >= 4 is 11.9 Å². The Morgan fingerprint density at radius 1 is 0.294 bits per heavy atom. The molecule has 5 nitrogen and oxygen atoms in total. The van der Waals surface area contributed by atoms with E-state index in [1.54, 1.807) is 0 Å². The van der Waals surface area contributed by atoms with Crippen LogP contribution in [-0.2, 0) is 11.8 Å². The summed E-state index contributed by atoms with van der Waals surface area (Å²) >= 11 is 0. The fourth-order valence-electron chi connectivity index (χ4n) is 16.9. The van der Waals surface area contributed by atoms with Crippen LogP contribution in [-0.4, -0.2) is 22.2 Å². The number of fused-ring (bicyclic) bond motifs is 4. The van der Waals surface area contributed by atoms with E-state index in [0.29, 0.717) is 50.4 Å². The number of aromatic carboxylic acids is 2. The van der Waals surface area contributed by atoms with Crippen molar-refractivity contribution in [2.75, 3.05) is 0 Å². The van der Waals surface area contributed by atoms with Gasteiger partial charge in [-0.25, -0.2) is 9.59 Å². The van der Waals surface area contributed by atoms with E-state index < -0.39 is 17.4 Å². The molecule has 0 aliphatic heterocycles. The van der Waals surface area contributed by atoms with Crippen LogP contribution in [0.1, 0.15) is 62.7 Å². The van der Waals surface area contributed by atoms with E-state index in [1.807, 2.05) is 127 Å². The highest BCUT2D eigenvalue weighted by atomic mass is 16.5. The highest BCUT2D eigenvalue weighted by molar-refractivity contribution is 6.19. The van der Waals surface area contributed by atoms with Crippen molar-refractivity contribution in [2.45, 2.75) is 38.5 Å². The Kier molecular flexibility index (Phi) is 18.6. The van der Waals surface area contributed by atoms with Crippen LogP contribution in [0.4, 0.5) is 0 Å². The molecule has 0 radical (unpaired) electrons. The van der Waals surface area contributed by atoms with Crippen LogP contribution in [0.25, 0.3) is 145 Å². The molecular formula is C104H76O5. The molecule has 1 unspecified atom stereocenters. The van der Waals surface area contributed by atoms with E-state index in [9.17, 15) is 19.8 Å². The largest absolute Gasteiger partial charge is 0.478 e. The Labute approximate surface area is 636 Å². The van der Waals surface area contributed by atoms with Gasteiger partial charge in [-0.15, -0.1) is 0 Å². The molecule has 0 saturated carbocycles. The van der Waals surface area contributed by atoms with Gasteiger partial charge < -0.3 is 14.9 Å². The lowest BCUT2D eigenvalue weighted by molar-refractivity contribution is 0.0653. The van der Waals surface area contributed by atoms with Crippen LogP contribution in [0.2, 0.25) is 0 Å². The number of ether oxygens (including phenoxy) is 1. The van der Waals surface area contributed by atoms with Gasteiger partial charge in [-0.05, 0) is 213 Å². The predicted octanol–water partition coefficient (Wildman–Crippen LogP) is 27.5. The molecule has 1 atom stereocenters. The van der Waals surface area contributed by atoms with Crippen LogP contribution < -0.4 is 4.74 Å². The second kappa shape index (κ2) is 29.7. The van der Waals surface area contributed by atoms with Gasteiger partial charge in [-0.3, -0.25) is 0 Å². The Morgan fingerprint density at radius 3 is 0.972 bits per heavy atom. The minimum absolute atomic E-state index is 0.286. The summed E-state index contributed by atoms with van der Waals surface area (Å²) in [6.07, 6.45) is 2.70. The number of carbonyl (C=O) groups is 2. The van der Waals surface area contributed by atoms with Crippen molar-refractivity contribution in [3.05, 3.63) is 409 Å². The number of hydrogen-bond acceptors (Lipinski definition) is 3. The third kappa shape index (κ3) is 12.9. The first-order valence-corrected chi connectivity index (χ1v) is 37.3. The van der Waals surface area contributed by atoms with Gasteiger partial charge in [0.2, 0.25) is 0 Å². The smallest absolute Gasteiger partial charge is 0.337 e. The van der Waals surface area contributed by atoms with Crippen LogP contribution in [0.5, 0.6) is 11.5 Å². The van der Waals surface area contributed by atoms with Gasteiger partial charge in [0.05, 0.1) is 11.1 Å². The van der Waals surface area contributed by atoms with Crippen molar-refractivity contribution in [1.82, 2.24) is 0 Å². The number of hydrogen-bond donors (Lipinski definition) is 2. The highest BCUT2D eigenvalue weighted by Gasteiger charge is 2.40. The monoisotopic (exact) mass is 1400 g/mol. The van der Waals surface area contributed by atoms with Gasteiger partial charge in [0.25, 0.3) is 0 Å². The molecule has 0 saturated heterocycles. The Balaban J connectivity index is 0.811. The molecule has 0 heterocycles. The third-order valence-electron chi connectivity index (χ3n) is 21.9. The molecule has 2 N–H and O–H groups in total. The molecule has 0 amide bonds. The van der Waals surface area contributed by atoms with Crippen molar-refractivity contribution in [3.8, 4) is 156 Å². The highest BCUT2D eigenvalue weighted by Crippen LogP contribution is 2.57.